The smallest absolute Gasteiger partial charge is 0.191 e. The molecule has 0 heterocycles. The van der Waals surface area contributed by atoms with Gasteiger partial charge in [-0.05, 0) is 58.9 Å². The van der Waals surface area contributed by atoms with E-state index in [1.165, 1.54) is 0 Å². The first-order chi connectivity index (χ1) is 12.0. The summed E-state index contributed by atoms with van der Waals surface area (Å²) in [6.45, 7) is 10.4. The summed E-state index contributed by atoms with van der Waals surface area (Å²) in [4.78, 5) is 4.46. The number of ether oxygens (including phenoxy) is 1. The van der Waals surface area contributed by atoms with Crippen molar-refractivity contribution in [1.29, 1.82) is 0 Å². The highest BCUT2D eigenvalue weighted by Crippen LogP contribution is 2.17. The summed E-state index contributed by atoms with van der Waals surface area (Å²) in [5.41, 5.74) is 0. The number of hydrogen-bond donors (Lipinski definition) is 2. The van der Waals surface area contributed by atoms with Gasteiger partial charge in [0, 0.05) is 18.1 Å². The number of sulfone groups is 1. The Hall–Kier alpha value is -1.47. The normalized spacial score (nSPS) is 14.0. The van der Waals surface area contributed by atoms with E-state index in [2.05, 4.69) is 15.6 Å². The van der Waals surface area contributed by atoms with Crippen LogP contribution in [0.4, 0.5) is 0 Å². The molecular weight excluding hydrogens is 374 g/mol. The molecule has 0 aliphatic carbocycles. The molecule has 1 atom stereocenters. The zero-order valence-corrected chi connectivity index (χ0v) is 17.7. The van der Waals surface area contributed by atoms with Gasteiger partial charge in [0.1, 0.15) is 11.9 Å². The molecule has 8 heteroatoms. The molecule has 0 amide bonds. The molecule has 1 rings (SSSR count). The Balaban J connectivity index is 2.55. The van der Waals surface area contributed by atoms with E-state index in [4.69, 9.17) is 16.3 Å². The fourth-order valence-electron chi connectivity index (χ4n) is 1.95. The molecule has 0 fully saturated rings. The largest absolute Gasteiger partial charge is 0.489 e. The number of nitrogens with zero attached hydrogens (tertiary/aromatic N) is 1. The van der Waals surface area contributed by atoms with Gasteiger partial charge >= 0.3 is 0 Å². The lowest BCUT2D eigenvalue weighted by atomic mass is 10.3. The zero-order valence-electron chi connectivity index (χ0n) is 16.2. The molecule has 0 saturated heterocycles. The molecule has 0 spiro atoms. The molecule has 2 N–H and O–H groups in total. The maximum absolute atomic E-state index is 12.2. The second kappa shape index (κ2) is 10.0. The topological polar surface area (TPSA) is 79.8 Å². The Morgan fingerprint density at radius 3 is 2.38 bits per heavy atom. The summed E-state index contributed by atoms with van der Waals surface area (Å²) in [6, 6.07) is 7.16. The Morgan fingerprint density at radius 2 is 1.85 bits per heavy atom. The van der Waals surface area contributed by atoms with Crippen LogP contribution >= 0.6 is 11.6 Å². The summed E-state index contributed by atoms with van der Waals surface area (Å²) in [6.07, 6.45) is -0.134. The van der Waals surface area contributed by atoms with Crippen molar-refractivity contribution in [3.05, 3.63) is 29.3 Å². The van der Waals surface area contributed by atoms with E-state index in [-0.39, 0.29) is 11.9 Å². The highest BCUT2D eigenvalue weighted by Gasteiger charge is 2.28. The number of guanidine groups is 1. The van der Waals surface area contributed by atoms with E-state index in [1.54, 1.807) is 32.9 Å². The Bertz CT molecular complexity index is 683. The minimum Gasteiger partial charge on any atom is -0.489 e. The van der Waals surface area contributed by atoms with Crippen molar-refractivity contribution in [2.45, 2.75) is 45.5 Å². The molecule has 0 saturated carbocycles. The van der Waals surface area contributed by atoms with Gasteiger partial charge in [0.25, 0.3) is 0 Å². The van der Waals surface area contributed by atoms with Crippen LogP contribution in [0.1, 0.15) is 34.6 Å². The number of rotatable bonds is 8. The van der Waals surface area contributed by atoms with E-state index >= 15 is 0 Å². The fourth-order valence-corrected chi connectivity index (χ4v) is 3.06. The number of aliphatic imine (C=N–C) groups is 1. The Labute approximate surface area is 162 Å². The second-order valence-electron chi connectivity index (χ2n) is 6.96. The van der Waals surface area contributed by atoms with Crippen molar-refractivity contribution >= 4 is 27.4 Å². The molecule has 0 aliphatic rings. The molecule has 1 unspecified atom stereocenters. The third-order valence-corrected chi connectivity index (χ3v) is 6.46. The van der Waals surface area contributed by atoms with Crippen molar-refractivity contribution in [2.24, 2.45) is 4.99 Å². The Morgan fingerprint density at radius 1 is 1.23 bits per heavy atom. The van der Waals surface area contributed by atoms with E-state index in [0.717, 1.165) is 5.75 Å². The van der Waals surface area contributed by atoms with Gasteiger partial charge in [0.05, 0.1) is 17.0 Å². The van der Waals surface area contributed by atoms with Gasteiger partial charge in [-0.2, -0.15) is 0 Å². The predicted molar refractivity (Wildman–Crippen MR) is 109 cm³/mol. The molecule has 0 aliphatic heterocycles. The van der Waals surface area contributed by atoms with Crippen LogP contribution in [0.3, 0.4) is 0 Å². The van der Waals surface area contributed by atoms with Crippen molar-refractivity contribution in [2.75, 3.05) is 25.4 Å². The first-order valence-corrected chi connectivity index (χ1v) is 10.7. The second-order valence-corrected chi connectivity index (χ2v) is 10.3. The van der Waals surface area contributed by atoms with Crippen molar-refractivity contribution in [3.63, 3.8) is 0 Å². The third kappa shape index (κ3) is 7.83. The van der Waals surface area contributed by atoms with Gasteiger partial charge < -0.3 is 15.4 Å². The van der Waals surface area contributed by atoms with Crippen LogP contribution in [0.5, 0.6) is 5.75 Å². The standard InChI is InChI=1S/C18H30ClN3O3S/c1-6-20-17(21-11-12-26(23,24)18(3,4)5)22-13-14(2)25-16-9-7-15(19)8-10-16/h7-10,14H,6,11-13H2,1-5H3,(H2,20,21,22). The van der Waals surface area contributed by atoms with Gasteiger partial charge in [-0.25, -0.2) is 13.4 Å². The van der Waals surface area contributed by atoms with Crippen LogP contribution in [0, 0.1) is 0 Å². The summed E-state index contributed by atoms with van der Waals surface area (Å²) in [5.74, 6) is 1.35. The average Bonchev–Trinajstić information content (AvgIpc) is 2.53. The average molecular weight is 404 g/mol. The first kappa shape index (κ1) is 22.6. The van der Waals surface area contributed by atoms with E-state index in [0.29, 0.717) is 30.6 Å². The molecule has 1 aromatic rings. The van der Waals surface area contributed by atoms with Crippen LogP contribution < -0.4 is 15.4 Å². The van der Waals surface area contributed by atoms with Crippen molar-refractivity contribution in [3.8, 4) is 5.75 Å². The minimum absolute atomic E-state index is 0.0533. The quantitative estimate of drug-likeness (QED) is 0.515. The van der Waals surface area contributed by atoms with Crippen molar-refractivity contribution in [1.82, 2.24) is 10.6 Å². The highest BCUT2D eigenvalue weighted by molar-refractivity contribution is 7.92. The van der Waals surface area contributed by atoms with E-state index in [1.807, 2.05) is 26.0 Å². The zero-order chi connectivity index (χ0) is 19.8. The molecular formula is C18H30ClN3O3S. The van der Waals surface area contributed by atoms with Gasteiger partial charge in [0.15, 0.2) is 15.8 Å². The maximum Gasteiger partial charge on any atom is 0.191 e. The van der Waals surface area contributed by atoms with Gasteiger partial charge in [-0.3, -0.25) is 0 Å². The molecule has 148 valence electrons. The Kier molecular flexibility index (Phi) is 8.70. The lowest BCUT2D eigenvalue weighted by Gasteiger charge is -2.20. The van der Waals surface area contributed by atoms with Gasteiger partial charge in [-0.15, -0.1) is 0 Å². The number of nitrogens with one attached hydrogen (secondary N) is 2. The fraction of sp³-hybridized carbons (Fsp3) is 0.611. The van der Waals surface area contributed by atoms with Gasteiger partial charge in [0.2, 0.25) is 0 Å². The van der Waals surface area contributed by atoms with Crippen LogP contribution in [0.25, 0.3) is 0 Å². The van der Waals surface area contributed by atoms with Crippen LogP contribution in [0.15, 0.2) is 29.3 Å². The van der Waals surface area contributed by atoms with Gasteiger partial charge in [-0.1, -0.05) is 11.6 Å². The molecule has 26 heavy (non-hydrogen) atoms. The first-order valence-electron chi connectivity index (χ1n) is 8.72. The van der Waals surface area contributed by atoms with Crippen LogP contribution in [-0.2, 0) is 9.84 Å². The number of halogens is 1. The van der Waals surface area contributed by atoms with Crippen molar-refractivity contribution < 1.29 is 13.2 Å². The molecule has 1 aromatic carbocycles. The van der Waals surface area contributed by atoms with E-state index in [9.17, 15) is 8.42 Å². The molecule has 0 aromatic heterocycles. The molecule has 0 radical (unpaired) electrons. The predicted octanol–water partition coefficient (Wildman–Crippen LogP) is 2.88. The van der Waals surface area contributed by atoms with Crippen LogP contribution in [0.2, 0.25) is 5.02 Å². The number of hydrogen-bond acceptors (Lipinski definition) is 4. The monoisotopic (exact) mass is 403 g/mol. The summed E-state index contributed by atoms with van der Waals surface area (Å²) in [5, 5.41) is 6.83. The maximum atomic E-state index is 12.2. The van der Waals surface area contributed by atoms with Crippen LogP contribution in [-0.4, -0.2) is 50.6 Å². The molecule has 6 nitrogen and oxygen atoms in total. The minimum atomic E-state index is -3.16. The van der Waals surface area contributed by atoms with E-state index < -0.39 is 14.6 Å². The SMILES string of the molecule is CCNC(=NCC(C)Oc1ccc(Cl)cc1)NCCS(=O)(=O)C(C)(C)C. The lowest BCUT2D eigenvalue weighted by molar-refractivity contribution is 0.230. The highest BCUT2D eigenvalue weighted by atomic mass is 35.5. The summed E-state index contributed by atoms with van der Waals surface area (Å²) in [7, 11) is -3.16. The molecule has 0 bridgehead atoms. The summed E-state index contributed by atoms with van der Waals surface area (Å²) < 4.78 is 29.3. The lowest BCUT2D eigenvalue weighted by Crippen LogP contribution is -2.42. The summed E-state index contributed by atoms with van der Waals surface area (Å²) >= 11 is 5.86. The third-order valence-electron chi connectivity index (χ3n) is 3.60. The number of benzene rings is 1.